The van der Waals surface area contributed by atoms with Gasteiger partial charge in [0, 0.05) is 17.5 Å². The lowest BCUT2D eigenvalue weighted by Crippen LogP contribution is -2.30. The third-order valence-electron chi connectivity index (χ3n) is 3.96. The van der Waals surface area contributed by atoms with Crippen molar-refractivity contribution >= 4 is 27.3 Å². The van der Waals surface area contributed by atoms with Gasteiger partial charge in [-0.1, -0.05) is 42.8 Å². The molecule has 2 aromatic rings. The molecule has 0 aliphatic carbocycles. The van der Waals surface area contributed by atoms with Gasteiger partial charge in [0.1, 0.15) is 0 Å². The first kappa shape index (κ1) is 14.4. The number of nitrogens with zero attached hydrogens (tertiary/aromatic N) is 1. The molecule has 1 heterocycles. The van der Waals surface area contributed by atoms with Crippen molar-refractivity contribution in [1.82, 2.24) is 0 Å². The Morgan fingerprint density at radius 3 is 2.62 bits per heavy atom. The van der Waals surface area contributed by atoms with Crippen LogP contribution in [0.4, 0.5) is 5.69 Å². The Morgan fingerprint density at radius 2 is 1.86 bits per heavy atom. The number of anilines is 1. The molecule has 0 aromatic heterocycles. The molecule has 3 rings (SSSR count). The smallest absolute Gasteiger partial charge is 0.264 e. The van der Waals surface area contributed by atoms with E-state index in [2.05, 4.69) is 0 Å². The minimum atomic E-state index is -3.59. The van der Waals surface area contributed by atoms with E-state index in [1.807, 2.05) is 31.2 Å². The molecule has 3 nitrogen and oxygen atoms in total. The topological polar surface area (TPSA) is 37.4 Å². The summed E-state index contributed by atoms with van der Waals surface area (Å²) in [5.41, 5.74) is 2.43. The first-order valence-corrected chi connectivity index (χ1v) is 8.61. The molecular weight excluding hydrogens is 306 g/mol. The Morgan fingerprint density at radius 1 is 1.14 bits per heavy atom. The third kappa shape index (κ3) is 2.23. The lowest BCUT2D eigenvalue weighted by Gasteiger charge is -2.21. The van der Waals surface area contributed by atoms with Gasteiger partial charge >= 0.3 is 0 Å². The highest BCUT2D eigenvalue weighted by atomic mass is 35.5. The standard InChI is InChI=1S/C16H16ClNO2S/c1-11-10-18(15-8-4-3-6-13(11)15)21(19,20)16-9-5-7-14(17)12(16)2/h3-9,11H,10H2,1-2H3. The van der Waals surface area contributed by atoms with Gasteiger partial charge in [-0.2, -0.15) is 0 Å². The van der Waals surface area contributed by atoms with Gasteiger partial charge < -0.3 is 0 Å². The van der Waals surface area contributed by atoms with E-state index in [1.165, 1.54) is 4.31 Å². The van der Waals surface area contributed by atoms with Crippen LogP contribution in [0.2, 0.25) is 5.02 Å². The fourth-order valence-electron chi connectivity index (χ4n) is 2.79. The second-order valence-corrected chi connectivity index (χ2v) is 7.60. The maximum Gasteiger partial charge on any atom is 0.264 e. The lowest BCUT2D eigenvalue weighted by atomic mass is 10.0. The van der Waals surface area contributed by atoms with E-state index in [0.29, 0.717) is 17.1 Å². The van der Waals surface area contributed by atoms with Gasteiger partial charge in [0.05, 0.1) is 10.6 Å². The normalized spacial score (nSPS) is 17.9. The SMILES string of the molecule is Cc1c(Cl)cccc1S(=O)(=O)N1CC(C)c2ccccc21. The zero-order valence-electron chi connectivity index (χ0n) is 11.9. The highest BCUT2D eigenvalue weighted by Crippen LogP contribution is 2.40. The molecule has 110 valence electrons. The quantitative estimate of drug-likeness (QED) is 0.839. The fraction of sp³-hybridized carbons (Fsp3) is 0.250. The zero-order chi connectivity index (χ0) is 15.2. The second kappa shape index (κ2) is 5.04. The van der Waals surface area contributed by atoms with E-state index in [0.717, 1.165) is 11.3 Å². The van der Waals surface area contributed by atoms with Crippen LogP contribution in [0.25, 0.3) is 0 Å². The van der Waals surface area contributed by atoms with Crippen LogP contribution >= 0.6 is 11.6 Å². The van der Waals surface area contributed by atoms with E-state index >= 15 is 0 Å². The molecule has 0 fully saturated rings. The molecule has 0 radical (unpaired) electrons. The van der Waals surface area contributed by atoms with Gasteiger partial charge in [-0.05, 0) is 36.2 Å². The van der Waals surface area contributed by atoms with Crippen molar-refractivity contribution in [1.29, 1.82) is 0 Å². The second-order valence-electron chi connectivity index (χ2n) is 5.36. The molecular formula is C16H16ClNO2S. The van der Waals surface area contributed by atoms with E-state index in [-0.39, 0.29) is 10.8 Å². The number of para-hydroxylation sites is 1. The Kier molecular flexibility index (Phi) is 3.46. The predicted octanol–water partition coefficient (Wildman–Crippen LogP) is 3.96. The average molecular weight is 322 g/mol. The number of hydrogen-bond acceptors (Lipinski definition) is 2. The molecule has 1 aliphatic heterocycles. The van der Waals surface area contributed by atoms with E-state index in [1.54, 1.807) is 25.1 Å². The van der Waals surface area contributed by atoms with Gasteiger partial charge in [0.15, 0.2) is 0 Å². The summed E-state index contributed by atoms with van der Waals surface area (Å²) in [7, 11) is -3.59. The largest absolute Gasteiger partial charge is 0.265 e. The summed E-state index contributed by atoms with van der Waals surface area (Å²) in [5.74, 6) is 0.190. The summed E-state index contributed by atoms with van der Waals surface area (Å²) in [5, 5.41) is 0.469. The van der Waals surface area contributed by atoms with E-state index in [9.17, 15) is 8.42 Å². The molecule has 21 heavy (non-hydrogen) atoms. The first-order chi connectivity index (χ1) is 9.93. The molecule has 1 atom stereocenters. The minimum Gasteiger partial charge on any atom is -0.265 e. The van der Waals surface area contributed by atoms with Crippen LogP contribution in [0, 0.1) is 6.92 Å². The van der Waals surface area contributed by atoms with E-state index in [4.69, 9.17) is 11.6 Å². The third-order valence-corrected chi connectivity index (χ3v) is 6.30. The maximum absolute atomic E-state index is 13.0. The number of fused-ring (bicyclic) bond motifs is 1. The van der Waals surface area contributed by atoms with Crippen LogP contribution in [-0.2, 0) is 10.0 Å². The van der Waals surface area contributed by atoms with Crippen molar-refractivity contribution in [2.75, 3.05) is 10.8 Å². The maximum atomic E-state index is 13.0. The zero-order valence-corrected chi connectivity index (χ0v) is 13.4. The molecule has 0 saturated heterocycles. The summed E-state index contributed by atoms with van der Waals surface area (Å²) >= 11 is 6.07. The van der Waals surface area contributed by atoms with Crippen LogP contribution in [0.1, 0.15) is 24.0 Å². The first-order valence-electron chi connectivity index (χ1n) is 6.79. The Labute approximate surface area is 130 Å². The Hall–Kier alpha value is -1.52. The molecule has 2 aromatic carbocycles. The highest BCUT2D eigenvalue weighted by molar-refractivity contribution is 7.93. The molecule has 1 unspecified atom stereocenters. The van der Waals surface area contributed by atoms with Crippen molar-refractivity contribution in [3.05, 3.63) is 58.6 Å². The molecule has 0 amide bonds. The van der Waals surface area contributed by atoms with Gasteiger partial charge in [-0.15, -0.1) is 0 Å². The van der Waals surface area contributed by atoms with Crippen LogP contribution in [0.3, 0.4) is 0 Å². The number of hydrogen-bond donors (Lipinski definition) is 0. The van der Waals surface area contributed by atoms with Gasteiger partial charge in [0.2, 0.25) is 0 Å². The monoisotopic (exact) mass is 321 g/mol. The van der Waals surface area contributed by atoms with Crippen molar-refractivity contribution in [2.45, 2.75) is 24.7 Å². The van der Waals surface area contributed by atoms with E-state index < -0.39 is 10.0 Å². The average Bonchev–Trinajstić information content (AvgIpc) is 2.80. The van der Waals surface area contributed by atoms with Crippen LogP contribution in [-0.4, -0.2) is 15.0 Å². The molecule has 1 aliphatic rings. The summed E-state index contributed by atoms with van der Waals surface area (Å²) in [6.45, 7) is 4.24. The van der Waals surface area contributed by atoms with Crippen molar-refractivity contribution in [3.8, 4) is 0 Å². The molecule has 5 heteroatoms. The van der Waals surface area contributed by atoms with Gasteiger partial charge in [-0.25, -0.2) is 8.42 Å². The predicted molar refractivity (Wildman–Crippen MR) is 85.6 cm³/mol. The van der Waals surface area contributed by atoms with Gasteiger partial charge in [0.25, 0.3) is 10.0 Å². The van der Waals surface area contributed by atoms with Crippen LogP contribution in [0.5, 0.6) is 0 Å². The van der Waals surface area contributed by atoms with Crippen LogP contribution < -0.4 is 4.31 Å². The number of rotatable bonds is 2. The molecule has 0 bridgehead atoms. The molecule has 0 spiro atoms. The molecule has 0 saturated carbocycles. The number of sulfonamides is 1. The number of benzene rings is 2. The fourth-order valence-corrected chi connectivity index (χ4v) is 4.85. The van der Waals surface area contributed by atoms with Crippen molar-refractivity contribution in [3.63, 3.8) is 0 Å². The Bertz CT molecular complexity index is 802. The summed E-state index contributed by atoms with van der Waals surface area (Å²) in [4.78, 5) is 0.277. The lowest BCUT2D eigenvalue weighted by molar-refractivity contribution is 0.590. The summed E-state index contributed by atoms with van der Waals surface area (Å²) in [6.07, 6.45) is 0. The Balaban J connectivity index is 2.15. The van der Waals surface area contributed by atoms with Crippen LogP contribution in [0.15, 0.2) is 47.4 Å². The minimum absolute atomic E-state index is 0.190. The van der Waals surface area contributed by atoms with Gasteiger partial charge in [-0.3, -0.25) is 4.31 Å². The highest BCUT2D eigenvalue weighted by Gasteiger charge is 2.35. The summed E-state index contributed by atoms with van der Waals surface area (Å²) in [6, 6.07) is 12.6. The molecule has 0 N–H and O–H groups in total. The van der Waals surface area contributed by atoms with Crippen molar-refractivity contribution < 1.29 is 8.42 Å². The van der Waals surface area contributed by atoms with Crippen molar-refractivity contribution in [2.24, 2.45) is 0 Å². The summed E-state index contributed by atoms with van der Waals surface area (Å²) < 4.78 is 27.5. The number of halogens is 1.